The minimum Gasteiger partial charge on any atom is -0.481 e. The Morgan fingerprint density at radius 3 is 2.61 bits per heavy atom. The van der Waals surface area contributed by atoms with Gasteiger partial charge in [0.1, 0.15) is 0 Å². The lowest BCUT2D eigenvalue weighted by Gasteiger charge is -2.14. The molecule has 1 aliphatic heterocycles. The summed E-state index contributed by atoms with van der Waals surface area (Å²) in [5, 5.41) is 11.8. The molecule has 1 amide bonds. The molecule has 1 aromatic rings. The number of likely N-dealkylation sites (tertiary alicyclic amines) is 1. The Balaban J connectivity index is 1.71. The molecule has 1 saturated heterocycles. The Hall–Kier alpha value is -1.92. The average molecular weight is 320 g/mol. The predicted octanol–water partition coefficient (Wildman–Crippen LogP) is 1.25. The van der Waals surface area contributed by atoms with Crippen LogP contribution in [0.3, 0.4) is 0 Å². The maximum Gasteiger partial charge on any atom is 0.307 e. The summed E-state index contributed by atoms with van der Waals surface area (Å²) in [4.78, 5) is 24.7. The van der Waals surface area contributed by atoms with Crippen LogP contribution in [0.2, 0.25) is 0 Å². The zero-order valence-corrected chi connectivity index (χ0v) is 13.5. The fourth-order valence-electron chi connectivity index (χ4n) is 2.61. The van der Waals surface area contributed by atoms with Crippen LogP contribution in [-0.4, -0.2) is 48.1 Å². The van der Waals surface area contributed by atoms with Crippen molar-refractivity contribution in [3.63, 3.8) is 0 Å². The summed E-state index contributed by atoms with van der Waals surface area (Å²) in [5.74, 6) is -1.20. The highest BCUT2D eigenvalue weighted by atomic mass is 16.5. The van der Waals surface area contributed by atoms with Gasteiger partial charge < -0.3 is 15.2 Å². The lowest BCUT2D eigenvalue weighted by Crippen LogP contribution is -2.36. The van der Waals surface area contributed by atoms with Gasteiger partial charge >= 0.3 is 5.97 Å². The average Bonchev–Trinajstić information content (AvgIpc) is 3.00. The molecule has 23 heavy (non-hydrogen) atoms. The van der Waals surface area contributed by atoms with Crippen LogP contribution < -0.4 is 5.32 Å². The van der Waals surface area contributed by atoms with Gasteiger partial charge in [-0.2, -0.15) is 0 Å². The van der Waals surface area contributed by atoms with E-state index >= 15 is 0 Å². The van der Waals surface area contributed by atoms with Crippen molar-refractivity contribution < 1.29 is 19.4 Å². The number of hydrogen-bond donors (Lipinski definition) is 2. The van der Waals surface area contributed by atoms with E-state index in [1.54, 1.807) is 0 Å². The predicted molar refractivity (Wildman–Crippen MR) is 85.8 cm³/mol. The maximum absolute atomic E-state index is 11.9. The second kappa shape index (κ2) is 8.64. The first-order valence-electron chi connectivity index (χ1n) is 7.96. The number of amides is 1. The summed E-state index contributed by atoms with van der Waals surface area (Å²) >= 11 is 0. The molecule has 1 aromatic carbocycles. The Morgan fingerprint density at radius 2 is 2.00 bits per heavy atom. The number of nitrogens with zero attached hydrogens (tertiary/aromatic N) is 1. The fourth-order valence-corrected chi connectivity index (χ4v) is 2.61. The summed E-state index contributed by atoms with van der Waals surface area (Å²) in [6.45, 7) is 5.10. The van der Waals surface area contributed by atoms with E-state index in [2.05, 4.69) is 5.32 Å². The van der Waals surface area contributed by atoms with Crippen molar-refractivity contribution in [2.75, 3.05) is 26.2 Å². The first-order valence-corrected chi connectivity index (χ1v) is 7.96. The molecular formula is C17H24N2O4. The van der Waals surface area contributed by atoms with Crippen LogP contribution in [0, 0.1) is 5.92 Å². The molecule has 0 aliphatic carbocycles. The van der Waals surface area contributed by atoms with Crippen LogP contribution >= 0.6 is 0 Å². The van der Waals surface area contributed by atoms with E-state index in [1.165, 1.54) is 0 Å². The molecule has 1 unspecified atom stereocenters. The van der Waals surface area contributed by atoms with Crippen molar-refractivity contribution in [2.24, 2.45) is 5.92 Å². The highest BCUT2D eigenvalue weighted by Gasteiger charge is 2.28. The molecule has 0 aromatic heterocycles. The van der Waals surface area contributed by atoms with Gasteiger partial charge in [-0.3, -0.25) is 14.5 Å². The number of rotatable bonds is 8. The second-order valence-electron chi connectivity index (χ2n) is 5.79. The highest BCUT2D eigenvalue weighted by molar-refractivity contribution is 5.78. The molecule has 1 heterocycles. The van der Waals surface area contributed by atoms with E-state index < -0.39 is 5.97 Å². The fraction of sp³-hybridized carbons (Fsp3) is 0.529. The van der Waals surface area contributed by atoms with Gasteiger partial charge in [0, 0.05) is 19.7 Å². The zero-order chi connectivity index (χ0) is 16.7. The van der Waals surface area contributed by atoms with Crippen LogP contribution in [-0.2, 0) is 27.5 Å². The Morgan fingerprint density at radius 1 is 1.30 bits per heavy atom. The number of carboxylic acids is 1. The molecule has 6 nitrogen and oxygen atoms in total. The molecule has 0 radical (unpaired) electrons. The van der Waals surface area contributed by atoms with E-state index in [0.717, 1.165) is 11.1 Å². The summed E-state index contributed by atoms with van der Waals surface area (Å²) in [5.41, 5.74) is 2.14. The van der Waals surface area contributed by atoms with Crippen LogP contribution in [0.4, 0.5) is 0 Å². The van der Waals surface area contributed by atoms with Gasteiger partial charge in [0.25, 0.3) is 0 Å². The third-order valence-corrected chi connectivity index (χ3v) is 3.97. The van der Waals surface area contributed by atoms with Crippen LogP contribution in [0.5, 0.6) is 0 Å². The number of carbonyl (C=O) groups is 2. The number of ether oxygens (including phenoxy) is 1. The Kier molecular flexibility index (Phi) is 6.55. The minimum absolute atomic E-state index is 0.0746. The summed E-state index contributed by atoms with van der Waals surface area (Å²) in [6.07, 6.45) is 0.615. The quantitative estimate of drug-likeness (QED) is 0.753. The molecule has 1 atom stereocenters. The normalized spacial score (nSPS) is 18.0. The van der Waals surface area contributed by atoms with Gasteiger partial charge in [-0.05, 0) is 31.0 Å². The standard InChI is InChI=1S/C17H24N2O4/c1-2-23-12-14-5-3-13(4-6-14)9-18-16(20)11-19-8-7-15(10-19)17(21)22/h3-6,15H,2,7-12H2,1H3,(H,18,20)(H,21,22). The lowest BCUT2D eigenvalue weighted by atomic mass is 10.1. The van der Waals surface area contributed by atoms with E-state index in [0.29, 0.717) is 39.3 Å². The molecule has 1 aliphatic rings. The van der Waals surface area contributed by atoms with Gasteiger partial charge in [-0.15, -0.1) is 0 Å². The Labute approximate surface area is 136 Å². The topological polar surface area (TPSA) is 78.9 Å². The lowest BCUT2D eigenvalue weighted by molar-refractivity contribution is -0.141. The summed E-state index contributed by atoms with van der Waals surface area (Å²) in [7, 11) is 0. The van der Waals surface area contributed by atoms with Crippen molar-refractivity contribution >= 4 is 11.9 Å². The second-order valence-corrected chi connectivity index (χ2v) is 5.79. The van der Waals surface area contributed by atoms with Crippen LogP contribution in [0.25, 0.3) is 0 Å². The third-order valence-electron chi connectivity index (χ3n) is 3.97. The molecule has 2 rings (SSSR count). The van der Waals surface area contributed by atoms with Gasteiger partial charge in [-0.1, -0.05) is 24.3 Å². The van der Waals surface area contributed by atoms with E-state index in [9.17, 15) is 9.59 Å². The van der Waals surface area contributed by atoms with Crippen molar-refractivity contribution in [1.29, 1.82) is 0 Å². The molecule has 6 heteroatoms. The molecule has 126 valence electrons. The van der Waals surface area contributed by atoms with Gasteiger partial charge in [0.05, 0.1) is 19.1 Å². The third kappa shape index (κ3) is 5.65. The molecule has 0 saturated carbocycles. The van der Waals surface area contributed by atoms with Gasteiger partial charge in [-0.25, -0.2) is 0 Å². The number of aliphatic carboxylic acids is 1. The van der Waals surface area contributed by atoms with Crippen molar-refractivity contribution in [1.82, 2.24) is 10.2 Å². The van der Waals surface area contributed by atoms with Crippen LogP contribution in [0.1, 0.15) is 24.5 Å². The SMILES string of the molecule is CCOCc1ccc(CNC(=O)CN2CCC(C(=O)O)C2)cc1. The van der Waals surface area contributed by atoms with E-state index in [1.807, 2.05) is 36.1 Å². The van der Waals surface area contributed by atoms with Crippen molar-refractivity contribution in [3.05, 3.63) is 35.4 Å². The number of nitrogens with one attached hydrogen (secondary N) is 1. The molecule has 1 fully saturated rings. The van der Waals surface area contributed by atoms with E-state index in [-0.39, 0.29) is 18.4 Å². The summed E-state index contributed by atoms with van der Waals surface area (Å²) < 4.78 is 5.34. The largest absolute Gasteiger partial charge is 0.481 e. The smallest absolute Gasteiger partial charge is 0.307 e. The van der Waals surface area contributed by atoms with E-state index in [4.69, 9.17) is 9.84 Å². The molecule has 0 spiro atoms. The highest BCUT2D eigenvalue weighted by Crippen LogP contribution is 2.15. The summed E-state index contributed by atoms with van der Waals surface area (Å²) in [6, 6.07) is 7.94. The molecule has 2 N–H and O–H groups in total. The molecular weight excluding hydrogens is 296 g/mol. The first kappa shape index (κ1) is 17.4. The number of benzene rings is 1. The van der Waals surface area contributed by atoms with Crippen molar-refractivity contribution in [3.8, 4) is 0 Å². The monoisotopic (exact) mass is 320 g/mol. The number of carboxylic acid groups (broad SMARTS) is 1. The minimum atomic E-state index is -0.778. The van der Waals surface area contributed by atoms with Gasteiger partial charge in [0.2, 0.25) is 5.91 Å². The first-order chi connectivity index (χ1) is 11.1. The Bertz CT molecular complexity index is 530. The van der Waals surface area contributed by atoms with Crippen molar-refractivity contribution in [2.45, 2.75) is 26.5 Å². The molecule has 0 bridgehead atoms. The maximum atomic E-state index is 11.9. The van der Waals surface area contributed by atoms with Gasteiger partial charge in [0.15, 0.2) is 0 Å². The number of hydrogen-bond acceptors (Lipinski definition) is 4. The zero-order valence-electron chi connectivity index (χ0n) is 13.5. The number of carbonyl (C=O) groups excluding carboxylic acids is 1. The van der Waals surface area contributed by atoms with Crippen LogP contribution in [0.15, 0.2) is 24.3 Å².